The summed E-state index contributed by atoms with van der Waals surface area (Å²) >= 11 is 0. The zero-order valence-electron chi connectivity index (χ0n) is 16.8. The molecule has 1 aromatic heterocycles. The SMILES string of the molecule is C=N/C(=C\C=C(/C)F)O[C@H]1CCN(c2ccc(-c3ccccc3C)nc2CO)C1. The molecule has 0 radical (unpaired) electrons. The van der Waals surface area contributed by atoms with Gasteiger partial charge in [0.05, 0.1) is 36.1 Å². The van der Waals surface area contributed by atoms with Gasteiger partial charge in [-0.15, -0.1) is 0 Å². The van der Waals surface area contributed by atoms with E-state index in [-0.39, 0.29) is 18.5 Å². The lowest BCUT2D eigenvalue weighted by Gasteiger charge is -2.22. The third-order valence-electron chi connectivity index (χ3n) is 4.91. The fraction of sp³-hybridized carbons (Fsp3) is 0.304. The maximum atomic E-state index is 12.9. The maximum absolute atomic E-state index is 12.9. The van der Waals surface area contributed by atoms with Gasteiger partial charge in [-0.05, 0) is 44.3 Å². The van der Waals surface area contributed by atoms with Gasteiger partial charge in [-0.25, -0.2) is 14.4 Å². The average Bonchev–Trinajstić information content (AvgIpc) is 3.19. The van der Waals surface area contributed by atoms with E-state index in [0.29, 0.717) is 18.1 Å². The first-order chi connectivity index (χ1) is 14.0. The average molecular weight is 395 g/mol. The van der Waals surface area contributed by atoms with Crippen molar-refractivity contribution in [3.63, 3.8) is 0 Å². The van der Waals surface area contributed by atoms with Crippen LogP contribution in [-0.4, -0.2) is 36.0 Å². The van der Waals surface area contributed by atoms with Crippen molar-refractivity contribution in [2.45, 2.75) is 33.0 Å². The molecule has 0 amide bonds. The quantitative estimate of drug-likeness (QED) is 0.424. The maximum Gasteiger partial charge on any atom is 0.212 e. The van der Waals surface area contributed by atoms with Crippen molar-refractivity contribution < 1.29 is 14.2 Å². The van der Waals surface area contributed by atoms with Gasteiger partial charge in [0.2, 0.25) is 5.88 Å². The molecule has 0 bridgehead atoms. The number of aryl methyl sites for hydroxylation is 1. The summed E-state index contributed by atoms with van der Waals surface area (Å²) in [5, 5.41) is 9.90. The highest BCUT2D eigenvalue weighted by molar-refractivity contribution is 5.66. The van der Waals surface area contributed by atoms with E-state index in [0.717, 1.165) is 35.5 Å². The molecule has 5 nitrogen and oxygen atoms in total. The molecule has 1 aliphatic rings. The Labute approximate surface area is 170 Å². The number of allylic oxidation sites excluding steroid dienone is 3. The molecule has 1 N–H and O–H groups in total. The van der Waals surface area contributed by atoms with Crippen molar-refractivity contribution in [3.05, 3.63) is 71.5 Å². The number of nitrogens with zero attached hydrogens (tertiary/aromatic N) is 3. The van der Waals surface area contributed by atoms with Crippen LogP contribution in [0.3, 0.4) is 0 Å². The zero-order valence-corrected chi connectivity index (χ0v) is 16.8. The summed E-state index contributed by atoms with van der Waals surface area (Å²) in [6.07, 6.45) is 3.47. The highest BCUT2D eigenvalue weighted by Crippen LogP contribution is 2.29. The Morgan fingerprint density at radius 1 is 1.34 bits per heavy atom. The summed E-state index contributed by atoms with van der Waals surface area (Å²) in [6.45, 7) is 8.14. The van der Waals surface area contributed by atoms with E-state index in [1.165, 1.54) is 19.1 Å². The van der Waals surface area contributed by atoms with Crippen LogP contribution in [-0.2, 0) is 11.3 Å². The second-order valence-electron chi connectivity index (χ2n) is 7.03. The Bertz CT molecular complexity index is 935. The van der Waals surface area contributed by atoms with Gasteiger partial charge in [0.1, 0.15) is 6.10 Å². The minimum Gasteiger partial charge on any atom is -0.472 e. The number of aromatic nitrogens is 1. The molecule has 0 spiro atoms. The largest absolute Gasteiger partial charge is 0.472 e. The van der Waals surface area contributed by atoms with Crippen LogP contribution in [0, 0.1) is 6.92 Å². The number of aliphatic hydroxyl groups is 1. The fourth-order valence-electron chi connectivity index (χ4n) is 3.44. The second kappa shape index (κ2) is 9.47. The number of halogens is 1. The van der Waals surface area contributed by atoms with Crippen molar-refractivity contribution in [1.82, 2.24) is 4.98 Å². The van der Waals surface area contributed by atoms with Crippen LogP contribution >= 0.6 is 0 Å². The number of pyridine rings is 1. The van der Waals surface area contributed by atoms with Gasteiger partial charge >= 0.3 is 0 Å². The minimum atomic E-state index is -0.324. The number of aliphatic imine (C=N–C) groups is 1. The molecule has 1 aromatic carbocycles. The van der Waals surface area contributed by atoms with Gasteiger partial charge in [0, 0.05) is 24.6 Å². The predicted octanol–water partition coefficient (Wildman–Crippen LogP) is 4.56. The topological polar surface area (TPSA) is 58.0 Å². The van der Waals surface area contributed by atoms with Crippen LogP contribution in [0.25, 0.3) is 11.3 Å². The standard InChI is InChI=1S/C23H26FN3O2/c1-16-6-4-5-7-19(16)20-9-10-22(21(15-28)26-20)27-13-12-18(14-27)29-23(25-3)11-8-17(2)24/h4-11,18,28H,3,12-15H2,1-2H3/b17-8+,23-11+/t18-/m0/s1. The van der Waals surface area contributed by atoms with E-state index in [2.05, 4.69) is 16.6 Å². The molecule has 1 fully saturated rings. The highest BCUT2D eigenvalue weighted by atomic mass is 19.1. The molecule has 1 saturated heterocycles. The van der Waals surface area contributed by atoms with Gasteiger partial charge in [-0.2, -0.15) is 0 Å². The van der Waals surface area contributed by atoms with E-state index in [9.17, 15) is 9.50 Å². The minimum absolute atomic E-state index is 0.0948. The summed E-state index contributed by atoms with van der Waals surface area (Å²) in [4.78, 5) is 10.7. The number of hydrogen-bond donors (Lipinski definition) is 1. The number of anilines is 1. The molecule has 1 aliphatic heterocycles. The van der Waals surface area contributed by atoms with E-state index in [1.54, 1.807) is 0 Å². The van der Waals surface area contributed by atoms with Crippen LogP contribution in [0.2, 0.25) is 0 Å². The second-order valence-corrected chi connectivity index (χ2v) is 7.03. The summed E-state index contributed by atoms with van der Waals surface area (Å²) < 4.78 is 18.8. The first-order valence-corrected chi connectivity index (χ1v) is 9.61. The first-order valence-electron chi connectivity index (χ1n) is 9.61. The predicted molar refractivity (Wildman–Crippen MR) is 115 cm³/mol. The Hall–Kier alpha value is -2.99. The van der Waals surface area contributed by atoms with E-state index in [1.807, 2.05) is 43.3 Å². The summed E-state index contributed by atoms with van der Waals surface area (Å²) in [5.41, 5.74) is 4.57. The van der Waals surface area contributed by atoms with Crippen LogP contribution in [0.15, 0.2) is 65.3 Å². The molecule has 1 atom stereocenters. The molecule has 0 aliphatic carbocycles. The molecular weight excluding hydrogens is 369 g/mol. The van der Waals surface area contributed by atoms with Gasteiger partial charge < -0.3 is 14.7 Å². The Morgan fingerprint density at radius 2 is 2.14 bits per heavy atom. The molecular formula is C23H26FN3O2. The van der Waals surface area contributed by atoms with Gasteiger partial charge in [-0.3, -0.25) is 0 Å². The Balaban J connectivity index is 1.76. The molecule has 152 valence electrons. The van der Waals surface area contributed by atoms with Crippen molar-refractivity contribution in [2.75, 3.05) is 18.0 Å². The summed E-state index contributed by atoms with van der Waals surface area (Å²) in [5.74, 6) is -0.0283. The molecule has 0 saturated carbocycles. The zero-order chi connectivity index (χ0) is 20.8. The first kappa shape index (κ1) is 20.7. The highest BCUT2D eigenvalue weighted by Gasteiger charge is 2.26. The Kier molecular flexibility index (Phi) is 6.77. The van der Waals surface area contributed by atoms with Crippen LogP contribution in [0.4, 0.5) is 10.1 Å². The molecule has 2 aromatic rings. The van der Waals surface area contributed by atoms with Crippen LogP contribution in [0.5, 0.6) is 0 Å². The van der Waals surface area contributed by atoms with Crippen molar-refractivity contribution in [2.24, 2.45) is 4.99 Å². The third kappa shape index (κ3) is 5.09. The van der Waals surface area contributed by atoms with Gasteiger partial charge in [0.15, 0.2) is 0 Å². The van der Waals surface area contributed by atoms with Crippen LogP contribution in [0.1, 0.15) is 24.6 Å². The van der Waals surface area contributed by atoms with Gasteiger partial charge in [0.25, 0.3) is 0 Å². The lowest BCUT2D eigenvalue weighted by molar-refractivity contribution is 0.133. The normalized spacial score (nSPS) is 17.5. The monoisotopic (exact) mass is 395 g/mol. The molecule has 29 heavy (non-hydrogen) atoms. The fourth-order valence-corrected chi connectivity index (χ4v) is 3.44. The smallest absolute Gasteiger partial charge is 0.212 e. The van der Waals surface area contributed by atoms with Crippen molar-refractivity contribution in [3.8, 4) is 11.3 Å². The van der Waals surface area contributed by atoms with E-state index < -0.39 is 0 Å². The number of ether oxygens (including phenoxy) is 1. The molecule has 6 heteroatoms. The summed E-state index contributed by atoms with van der Waals surface area (Å²) in [6, 6.07) is 12.0. The van der Waals surface area contributed by atoms with E-state index >= 15 is 0 Å². The number of benzene rings is 1. The molecule has 3 rings (SSSR count). The number of hydrogen-bond acceptors (Lipinski definition) is 5. The van der Waals surface area contributed by atoms with Gasteiger partial charge in [-0.1, -0.05) is 24.3 Å². The number of rotatable bonds is 7. The number of aliphatic hydroxyl groups excluding tert-OH is 1. The van der Waals surface area contributed by atoms with Crippen molar-refractivity contribution >= 4 is 12.4 Å². The molecule has 0 unspecified atom stereocenters. The summed E-state index contributed by atoms with van der Waals surface area (Å²) in [7, 11) is 0. The lowest BCUT2D eigenvalue weighted by atomic mass is 10.0. The molecule has 2 heterocycles. The third-order valence-corrected chi connectivity index (χ3v) is 4.91. The lowest BCUT2D eigenvalue weighted by Crippen LogP contribution is -2.24. The van der Waals surface area contributed by atoms with Crippen molar-refractivity contribution in [1.29, 1.82) is 0 Å². The van der Waals surface area contributed by atoms with Crippen LogP contribution < -0.4 is 4.90 Å². The Morgan fingerprint density at radius 3 is 2.83 bits per heavy atom. The van der Waals surface area contributed by atoms with E-state index in [4.69, 9.17) is 9.72 Å².